The molecular formula is C13H15NOS. The van der Waals surface area contributed by atoms with E-state index in [0.717, 1.165) is 12.3 Å². The Morgan fingerprint density at radius 1 is 1.31 bits per heavy atom. The standard InChI is InChI=1S/C13H15NOS/c1-2-15-13-5-3-4-11(8-13)9-14-12-6-7-16-10-12/h3-8,10,14H,2,9H2,1H3. The molecule has 0 saturated carbocycles. The Hall–Kier alpha value is -1.48. The first-order chi connectivity index (χ1) is 7.88. The quantitative estimate of drug-likeness (QED) is 0.849. The van der Waals surface area contributed by atoms with E-state index in [1.54, 1.807) is 11.3 Å². The van der Waals surface area contributed by atoms with Crippen LogP contribution in [0, 0.1) is 0 Å². The van der Waals surface area contributed by atoms with Crippen LogP contribution < -0.4 is 10.1 Å². The lowest BCUT2D eigenvalue weighted by Crippen LogP contribution is -1.99. The Morgan fingerprint density at radius 3 is 3.00 bits per heavy atom. The van der Waals surface area contributed by atoms with Crippen LogP contribution in [0.2, 0.25) is 0 Å². The number of rotatable bonds is 5. The maximum absolute atomic E-state index is 5.46. The van der Waals surface area contributed by atoms with E-state index in [4.69, 9.17) is 4.74 Å². The molecule has 0 aliphatic carbocycles. The van der Waals surface area contributed by atoms with Crippen LogP contribution in [-0.4, -0.2) is 6.61 Å². The molecule has 1 aromatic heterocycles. The molecule has 0 unspecified atom stereocenters. The Kier molecular flexibility index (Phi) is 3.83. The molecule has 0 bridgehead atoms. The molecule has 0 amide bonds. The lowest BCUT2D eigenvalue weighted by atomic mass is 10.2. The number of hydrogen-bond donors (Lipinski definition) is 1. The van der Waals surface area contributed by atoms with Crippen molar-refractivity contribution in [2.45, 2.75) is 13.5 Å². The summed E-state index contributed by atoms with van der Waals surface area (Å²) in [5, 5.41) is 7.54. The van der Waals surface area contributed by atoms with Crippen LogP contribution >= 0.6 is 11.3 Å². The summed E-state index contributed by atoms with van der Waals surface area (Å²) in [7, 11) is 0. The monoisotopic (exact) mass is 233 g/mol. The van der Waals surface area contributed by atoms with Crippen LogP contribution in [0.15, 0.2) is 41.1 Å². The van der Waals surface area contributed by atoms with Gasteiger partial charge in [0.25, 0.3) is 0 Å². The molecule has 0 fully saturated rings. The molecule has 0 spiro atoms. The molecular weight excluding hydrogens is 218 g/mol. The van der Waals surface area contributed by atoms with E-state index < -0.39 is 0 Å². The molecule has 0 radical (unpaired) electrons. The zero-order chi connectivity index (χ0) is 11.2. The topological polar surface area (TPSA) is 21.3 Å². The number of hydrogen-bond acceptors (Lipinski definition) is 3. The van der Waals surface area contributed by atoms with Gasteiger partial charge in [-0.05, 0) is 36.1 Å². The second-order valence-electron chi connectivity index (χ2n) is 3.45. The number of nitrogens with one attached hydrogen (secondary N) is 1. The minimum absolute atomic E-state index is 0.710. The largest absolute Gasteiger partial charge is 0.494 e. The van der Waals surface area contributed by atoms with Crippen molar-refractivity contribution < 1.29 is 4.74 Å². The zero-order valence-corrected chi connectivity index (χ0v) is 10.1. The molecule has 1 N–H and O–H groups in total. The van der Waals surface area contributed by atoms with Gasteiger partial charge in [0.1, 0.15) is 5.75 Å². The van der Waals surface area contributed by atoms with E-state index in [2.05, 4.69) is 34.3 Å². The molecule has 0 aliphatic rings. The van der Waals surface area contributed by atoms with E-state index in [-0.39, 0.29) is 0 Å². The highest BCUT2D eigenvalue weighted by Crippen LogP contribution is 2.16. The van der Waals surface area contributed by atoms with Gasteiger partial charge in [0.05, 0.1) is 6.61 Å². The van der Waals surface area contributed by atoms with Crippen molar-refractivity contribution >= 4 is 17.0 Å². The lowest BCUT2D eigenvalue weighted by molar-refractivity contribution is 0.340. The van der Waals surface area contributed by atoms with E-state index in [1.807, 2.05) is 19.1 Å². The maximum Gasteiger partial charge on any atom is 0.119 e. The Labute approximate surface area is 99.9 Å². The van der Waals surface area contributed by atoms with Gasteiger partial charge >= 0.3 is 0 Å². The van der Waals surface area contributed by atoms with Crippen molar-refractivity contribution in [1.82, 2.24) is 0 Å². The van der Waals surface area contributed by atoms with E-state index >= 15 is 0 Å². The summed E-state index contributed by atoms with van der Waals surface area (Å²) < 4.78 is 5.46. The van der Waals surface area contributed by atoms with Gasteiger partial charge in [-0.25, -0.2) is 0 Å². The van der Waals surface area contributed by atoms with Gasteiger partial charge in [0.2, 0.25) is 0 Å². The third-order valence-electron chi connectivity index (χ3n) is 2.23. The highest BCUT2D eigenvalue weighted by atomic mass is 32.1. The molecule has 2 rings (SSSR count). The zero-order valence-electron chi connectivity index (χ0n) is 9.27. The first kappa shape index (κ1) is 11.0. The minimum Gasteiger partial charge on any atom is -0.494 e. The van der Waals surface area contributed by atoms with Gasteiger partial charge in [-0.1, -0.05) is 12.1 Å². The van der Waals surface area contributed by atoms with E-state index in [9.17, 15) is 0 Å². The molecule has 3 heteroatoms. The Balaban J connectivity index is 1.96. The SMILES string of the molecule is CCOc1cccc(CNc2ccsc2)c1. The van der Waals surface area contributed by atoms with Gasteiger partial charge in [-0.2, -0.15) is 11.3 Å². The van der Waals surface area contributed by atoms with Crippen LogP contribution in [-0.2, 0) is 6.54 Å². The first-order valence-electron chi connectivity index (χ1n) is 5.36. The summed E-state index contributed by atoms with van der Waals surface area (Å²) in [5.74, 6) is 0.937. The number of ether oxygens (including phenoxy) is 1. The number of anilines is 1. The van der Waals surface area contributed by atoms with Crippen molar-refractivity contribution in [1.29, 1.82) is 0 Å². The van der Waals surface area contributed by atoms with Crippen molar-refractivity contribution in [2.75, 3.05) is 11.9 Å². The summed E-state index contributed by atoms with van der Waals surface area (Å²) in [6.45, 7) is 3.54. The maximum atomic E-state index is 5.46. The molecule has 1 aromatic carbocycles. The highest BCUT2D eigenvalue weighted by molar-refractivity contribution is 7.08. The second-order valence-corrected chi connectivity index (χ2v) is 4.23. The van der Waals surface area contributed by atoms with Gasteiger partial charge < -0.3 is 10.1 Å². The molecule has 16 heavy (non-hydrogen) atoms. The van der Waals surface area contributed by atoms with Gasteiger partial charge in [-0.3, -0.25) is 0 Å². The smallest absolute Gasteiger partial charge is 0.119 e. The van der Waals surface area contributed by atoms with Crippen molar-refractivity contribution in [3.05, 3.63) is 46.7 Å². The molecule has 0 aliphatic heterocycles. The molecule has 2 nitrogen and oxygen atoms in total. The van der Waals surface area contributed by atoms with Crippen molar-refractivity contribution in [2.24, 2.45) is 0 Å². The summed E-state index contributed by atoms with van der Waals surface area (Å²) >= 11 is 1.70. The molecule has 1 heterocycles. The summed E-state index contributed by atoms with van der Waals surface area (Å²) in [4.78, 5) is 0. The average molecular weight is 233 g/mol. The number of thiophene rings is 1. The van der Waals surface area contributed by atoms with Crippen LogP contribution in [0.1, 0.15) is 12.5 Å². The summed E-state index contributed by atoms with van der Waals surface area (Å²) in [6.07, 6.45) is 0. The van der Waals surface area contributed by atoms with Crippen LogP contribution in [0.5, 0.6) is 5.75 Å². The predicted octanol–water partition coefficient (Wildman–Crippen LogP) is 3.76. The fraction of sp³-hybridized carbons (Fsp3) is 0.231. The lowest BCUT2D eigenvalue weighted by Gasteiger charge is -2.07. The molecule has 0 atom stereocenters. The minimum atomic E-state index is 0.710. The van der Waals surface area contributed by atoms with Crippen LogP contribution in [0.3, 0.4) is 0 Å². The van der Waals surface area contributed by atoms with Crippen LogP contribution in [0.25, 0.3) is 0 Å². The van der Waals surface area contributed by atoms with E-state index in [1.165, 1.54) is 11.3 Å². The third kappa shape index (κ3) is 3.00. The van der Waals surface area contributed by atoms with E-state index in [0.29, 0.717) is 6.61 Å². The fourth-order valence-corrected chi connectivity index (χ4v) is 2.09. The van der Waals surface area contributed by atoms with Crippen molar-refractivity contribution in [3.63, 3.8) is 0 Å². The van der Waals surface area contributed by atoms with Gasteiger partial charge in [0, 0.05) is 17.6 Å². The number of benzene rings is 1. The van der Waals surface area contributed by atoms with Gasteiger partial charge in [-0.15, -0.1) is 0 Å². The highest BCUT2D eigenvalue weighted by Gasteiger charge is 1.97. The van der Waals surface area contributed by atoms with Crippen LogP contribution in [0.4, 0.5) is 5.69 Å². The summed E-state index contributed by atoms with van der Waals surface area (Å²) in [5.41, 5.74) is 2.41. The molecule has 84 valence electrons. The second kappa shape index (κ2) is 5.56. The normalized spacial score (nSPS) is 10.1. The average Bonchev–Trinajstić information content (AvgIpc) is 2.80. The third-order valence-corrected chi connectivity index (χ3v) is 2.91. The Morgan fingerprint density at radius 2 is 2.25 bits per heavy atom. The van der Waals surface area contributed by atoms with Gasteiger partial charge in [0.15, 0.2) is 0 Å². The predicted molar refractivity (Wildman–Crippen MR) is 69.3 cm³/mol. The fourth-order valence-electron chi connectivity index (χ4n) is 1.48. The van der Waals surface area contributed by atoms with Crippen molar-refractivity contribution in [3.8, 4) is 5.75 Å². The first-order valence-corrected chi connectivity index (χ1v) is 6.30. The summed E-state index contributed by atoms with van der Waals surface area (Å²) in [6, 6.07) is 10.3. The molecule has 2 aromatic rings. The molecule has 0 saturated heterocycles. The Bertz CT molecular complexity index is 425.